The maximum atomic E-state index is 13.1. The molecule has 5 rings (SSSR count). The fourth-order valence-electron chi connectivity index (χ4n) is 4.55. The number of amides is 1. The van der Waals surface area contributed by atoms with Gasteiger partial charge >= 0.3 is 0 Å². The molecular weight excluding hydrogens is 452 g/mol. The van der Waals surface area contributed by atoms with Crippen LogP contribution in [0.1, 0.15) is 54.5 Å². The van der Waals surface area contributed by atoms with E-state index in [2.05, 4.69) is 37.1 Å². The predicted octanol–water partition coefficient (Wildman–Crippen LogP) is 6.29. The summed E-state index contributed by atoms with van der Waals surface area (Å²) in [4.78, 5) is 23.8. The van der Waals surface area contributed by atoms with Crippen LogP contribution in [0.15, 0.2) is 24.3 Å². The standard InChI is InChI=1S/C25H28N4O2S2/c1-5-25(2,3)14-6-8-17-13(10-14)11-16-20(26)21(33-23(16)27-17)22(30)29-24-28-18-9-7-15(31-4)12-19(18)32-24/h7,9,11-12,14H,5-6,8,10,26H2,1-4H3,(H,28,29,30). The van der Waals surface area contributed by atoms with Crippen LogP contribution in [-0.4, -0.2) is 23.0 Å². The highest BCUT2D eigenvalue weighted by Gasteiger charge is 2.32. The number of hydrogen-bond acceptors (Lipinski definition) is 7. The number of thiophene rings is 1. The summed E-state index contributed by atoms with van der Waals surface area (Å²) in [5.41, 5.74) is 10.5. The van der Waals surface area contributed by atoms with Gasteiger partial charge in [0.1, 0.15) is 15.5 Å². The number of pyridine rings is 1. The molecule has 0 saturated carbocycles. The van der Waals surface area contributed by atoms with Crippen molar-refractivity contribution < 1.29 is 9.53 Å². The molecule has 3 heterocycles. The third-order valence-corrected chi connectivity index (χ3v) is 9.17. The Bertz CT molecular complexity index is 1370. The summed E-state index contributed by atoms with van der Waals surface area (Å²) < 4.78 is 6.23. The summed E-state index contributed by atoms with van der Waals surface area (Å²) in [6.07, 6.45) is 4.31. The van der Waals surface area contributed by atoms with Gasteiger partial charge in [-0.25, -0.2) is 9.97 Å². The molecular formula is C25H28N4O2S2. The lowest BCUT2D eigenvalue weighted by molar-refractivity contribution is 0.103. The molecule has 1 atom stereocenters. The molecule has 0 radical (unpaired) electrons. The molecule has 3 aromatic heterocycles. The van der Waals surface area contributed by atoms with Gasteiger partial charge < -0.3 is 10.5 Å². The van der Waals surface area contributed by atoms with Gasteiger partial charge in [-0.3, -0.25) is 10.1 Å². The zero-order valence-electron chi connectivity index (χ0n) is 19.3. The second kappa shape index (κ2) is 8.25. The van der Waals surface area contributed by atoms with Crippen molar-refractivity contribution in [2.45, 2.75) is 46.5 Å². The van der Waals surface area contributed by atoms with Gasteiger partial charge in [0.05, 0.1) is 23.0 Å². The number of nitrogens with two attached hydrogens (primary N) is 1. The summed E-state index contributed by atoms with van der Waals surface area (Å²) >= 11 is 2.77. The first-order valence-electron chi connectivity index (χ1n) is 11.3. The predicted molar refractivity (Wildman–Crippen MR) is 138 cm³/mol. The van der Waals surface area contributed by atoms with Crippen molar-refractivity contribution in [3.8, 4) is 5.75 Å². The van der Waals surface area contributed by atoms with E-state index in [1.165, 1.54) is 28.2 Å². The highest BCUT2D eigenvalue weighted by Crippen LogP contribution is 2.42. The van der Waals surface area contributed by atoms with E-state index in [1.807, 2.05) is 18.2 Å². The quantitative estimate of drug-likeness (QED) is 0.350. The Morgan fingerprint density at radius 1 is 1.27 bits per heavy atom. The third-order valence-electron chi connectivity index (χ3n) is 7.12. The van der Waals surface area contributed by atoms with E-state index in [9.17, 15) is 4.79 Å². The lowest BCUT2D eigenvalue weighted by atomic mass is 9.69. The van der Waals surface area contributed by atoms with Crippen LogP contribution in [-0.2, 0) is 12.8 Å². The van der Waals surface area contributed by atoms with E-state index in [1.54, 1.807) is 7.11 Å². The van der Waals surface area contributed by atoms with Crippen LogP contribution < -0.4 is 15.8 Å². The number of ether oxygens (including phenoxy) is 1. The zero-order chi connectivity index (χ0) is 23.3. The van der Waals surface area contributed by atoms with E-state index in [0.717, 1.165) is 57.6 Å². The second-order valence-electron chi connectivity index (χ2n) is 9.38. The molecule has 0 aliphatic heterocycles. The minimum absolute atomic E-state index is 0.246. The van der Waals surface area contributed by atoms with Crippen molar-refractivity contribution in [1.29, 1.82) is 0 Å². The first-order valence-corrected chi connectivity index (χ1v) is 12.9. The van der Waals surface area contributed by atoms with E-state index in [0.29, 0.717) is 27.0 Å². The van der Waals surface area contributed by atoms with E-state index < -0.39 is 0 Å². The van der Waals surface area contributed by atoms with Crippen LogP contribution in [0.3, 0.4) is 0 Å². The number of aromatic nitrogens is 2. The van der Waals surface area contributed by atoms with E-state index in [4.69, 9.17) is 15.5 Å². The molecule has 3 N–H and O–H groups in total. The largest absolute Gasteiger partial charge is 0.497 e. The van der Waals surface area contributed by atoms with E-state index in [-0.39, 0.29) is 5.91 Å². The lowest BCUT2D eigenvalue weighted by Crippen LogP contribution is -2.29. The molecule has 0 fully saturated rings. The molecule has 1 aliphatic rings. The highest BCUT2D eigenvalue weighted by atomic mass is 32.1. The van der Waals surface area contributed by atoms with Crippen LogP contribution in [0, 0.1) is 11.3 Å². The Balaban J connectivity index is 1.43. The van der Waals surface area contributed by atoms with Gasteiger partial charge in [-0.2, -0.15) is 0 Å². The Hall–Kier alpha value is -2.71. The number of rotatable bonds is 5. The Morgan fingerprint density at radius 3 is 2.85 bits per heavy atom. The van der Waals surface area contributed by atoms with Crippen LogP contribution in [0.2, 0.25) is 0 Å². The minimum Gasteiger partial charge on any atom is -0.497 e. The lowest BCUT2D eigenvalue weighted by Gasteiger charge is -2.36. The number of thiazole rings is 1. The number of carbonyl (C=O) groups excluding carboxylic acids is 1. The monoisotopic (exact) mass is 480 g/mol. The molecule has 4 aromatic rings. The minimum atomic E-state index is -0.246. The van der Waals surface area contributed by atoms with Crippen molar-refractivity contribution >= 4 is 59.8 Å². The molecule has 1 amide bonds. The highest BCUT2D eigenvalue weighted by molar-refractivity contribution is 7.23. The van der Waals surface area contributed by atoms with Crippen molar-refractivity contribution in [1.82, 2.24) is 9.97 Å². The second-order valence-corrected chi connectivity index (χ2v) is 11.4. The Labute approximate surface area is 201 Å². The number of benzene rings is 1. The number of hydrogen-bond donors (Lipinski definition) is 2. The first kappa shape index (κ1) is 22.1. The maximum Gasteiger partial charge on any atom is 0.269 e. The summed E-state index contributed by atoms with van der Waals surface area (Å²) in [6, 6.07) is 7.83. The SMILES string of the molecule is CCC(C)(C)C1CCc2nc3sc(C(=O)Nc4nc5ccc(OC)cc5s4)c(N)c3cc2C1. The van der Waals surface area contributed by atoms with Gasteiger partial charge in [0.25, 0.3) is 5.91 Å². The van der Waals surface area contributed by atoms with Crippen molar-refractivity contribution in [3.63, 3.8) is 0 Å². The molecule has 6 nitrogen and oxygen atoms in total. The fourth-order valence-corrected chi connectivity index (χ4v) is 6.43. The first-order chi connectivity index (χ1) is 15.8. The van der Waals surface area contributed by atoms with Crippen molar-refractivity contribution in [2.75, 3.05) is 18.2 Å². The number of nitrogens with zero attached hydrogens (tertiary/aromatic N) is 2. The summed E-state index contributed by atoms with van der Waals surface area (Å²) in [7, 11) is 1.63. The molecule has 0 bridgehead atoms. The number of nitrogens with one attached hydrogen (secondary N) is 1. The Morgan fingerprint density at radius 2 is 2.09 bits per heavy atom. The van der Waals surface area contributed by atoms with Gasteiger partial charge in [0.2, 0.25) is 0 Å². The topological polar surface area (TPSA) is 90.1 Å². The molecule has 0 spiro atoms. The molecule has 172 valence electrons. The smallest absolute Gasteiger partial charge is 0.269 e. The normalized spacial score (nSPS) is 16.2. The van der Waals surface area contributed by atoms with Crippen LogP contribution in [0.25, 0.3) is 20.4 Å². The van der Waals surface area contributed by atoms with E-state index >= 15 is 0 Å². The molecule has 0 saturated heterocycles. The molecule has 1 unspecified atom stereocenters. The van der Waals surface area contributed by atoms with Crippen molar-refractivity contribution in [3.05, 3.63) is 40.4 Å². The average molecular weight is 481 g/mol. The van der Waals surface area contributed by atoms with Gasteiger partial charge in [-0.15, -0.1) is 11.3 Å². The molecule has 8 heteroatoms. The van der Waals surface area contributed by atoms with Crippen LogP contribution in [0.4, 0.5) is 10.8 Å². The number of fused-ring (bicyclic) bond motifs is 3. The van der Waals surface area contributed by atoms with Crippen LogP contribution >= 0.6 is 22.7 Å². The number of anilines is 2. The molecule has 33 heavy (non-hydrogen) atoms. The zero-order valence-corrected chi connectivity index (χ0v) is 21.0. The maximum absolute atomic E-state index is 13.1. The summed E-state index contributed by atoms with van der Waals surface area (Å²) in [6.45, 7) is 6.98. The number of methoxy groups -OCH3 is 1. The average Bonchev–Trinajstić information content (AvgIpc) is 3.36. The van der Waals surface area contributed by atoms with Crippen LogP contribution in [0.5, 0.6) is 5.75 Å². The number of aryl methyl sites for hydroxylation is 1. The van der Waals surface area contributed by atoms with Gasteiger partial charge in [-0.1, -0.05) is 38.5 Å². The molecule has 1 aliphatic carbocycles. The van der Waals surface area contributed by atoms with Gasteiger partial charge in [-0.05, 0) is 60.4 Å². The third kappa shape index (κ3) is 3.95. The Kier molecular flexibility index (Phi) is 5.53. The number of carbonyl (C=O) groups is 1. The van der Waals surface area contributed by atoms with Gasteiger partial charge in [0.15, 0.2) is 5.13 Å². The fraction of sp³-hybridized carbons (Fsp3) is 0.400. The molecule has 1 aromatic carbocycles. The number of nitrogen functional groups attached to an aromatic ring is 1. The van der Waals surface area contributed by atoms with Crippen molar-refractivity contribution in [2.24, 2.45) is 11.3 Å². The van der Waals surface area contributed by atoms with Gasteiger partial charge in [0, 0.05) is 11.1 Å². The summed E-state index contributed by atoms with van der Waals surface area (Å²) in [5, 5.41) is 4.34. The summed E-state index contributed by atoms with van der Waals surface area (Å²) in [5.74, 6) is 1.15.